The van der Waals surface area contributed by atoms with Crippen molar-refractivity contribution in [3.8, 4) is 5.75 Å². The van der Waals surface area contributed by atoms with Crippen LogP contribution in [0.1, 0.15) is 12.0 Å². The van der Waals surface area contributed by atoms with Gasteiger partial charge in [-0.2, -0.15) is 0 Å². The van der Waals surface area contributed by atoms with E-state index >= 15 is 0 Å². The van der Waals surface area contributed by atoms with Crippen molar-refractivity contribution in [2.24, 2.45) is 0 Å². The summed E-state index contributed by atoms with van der Waals surface area (Å²) in [5.41, 5.74) is 1.22. The first-order chi connectivity index (χ1) is 12.7. The van der Waals surface area contributed by atoms with Crippen molar-refractivity contribution >= 4 is 17.3 Å². The number of benzene rings is 1. The second kappa shape index (κ2) is 12.1. The van der Waals surface area contributed by atoms with E-state index in [1.165, 1.54) is 5.56 Å². The average Bonchev–Trinajstić information content (AvgIpc) is 2.68. The molecule has 0 saturated carbocycles. The van der Waals surface area contributed by atoms with E-state index in [1.54, 1.807) is 14.2 Å². The predicted molar refractivity (Wildman–Crippen MR) is 108 cm³/mol. The predicted octanol–water partition coefficient (Wildman–Crippen LogP) is 1.74. The van der Waals surface area contributed by atoms with Crippen LogP contribution in [0.3, 0.4) is 0 Å². The molecule has 0 aromatic heterocycles. The Balaban J connectivity index is 1.87. The third-order valence-electron chi connectivity index (χ3n) is 4.41. The van der Waals surface area contributed by atoms with Gasteiger partial charge in [0.2, 0.25) is 0 Å². The van der Waals surface area contributed by atoms with Crippen LogP contribution in [0.2, 0.25) is 0 Å². The highest BCUT2D eigenvalue weighted by molar-refractivity contribution is 7.80. The fourth-order valence-electron chi connectivity index (χ4n) is 2.89. The lowest BCUT2D eigenvalue weighted by molar-refractivity contribution is 0.0367. The van der Waals surface area contributed by atoms with E-state index in [0.717, 1.165) is 69.8 Å². The van der Waals surface area contributed by atoms with Crippen LogP contribution >= 0.6 is 12.2 Å². The van der Waals surface area contributed by atoms with Crippen molar-refractivity contribution in [2.45, 2.75) is 13.0 Å². The van der Waals surface area contributed by atoms with Gasteiger partial charge in [-0.25, -0.2) is 0 Å². The minimum absolute atomic E-state index is 0.643. The van der Waals surface area contributed by atoms with E-state index in [2.05, 4.69) is 27.2 Å². The number of hydrogen-bond donors (Lipinski definition) is 1. The summed E-state index contributed by atoms with van der Waals surface area (Å²) >= 11 is 5.61. The Bertz CT molecular complexity index is 521. The van der Waals surface area contributed by atoms with Gasteiger partial charge >= 0.3 is 0 Å². The van der Waals surface area contributed by atoms with Gasteiger partial charge in [0.05, 0.1) is 26.9 Å². The van der Waals surface area contributed by atoms with E-state index < -0.39 is 0 Å². The number of thiocarbonyl (C=S) groups is 1. The molecule has 0 aliphatic carbocycles. The van der Waals surface area contributed by atoms with Gasteiger partial charge in [0.1, 0.15) is 5.75 Å². The Morgan fingerprint density at radius 2 is 1.96 bits per heavy atom. The van der Waals surface area contributed by atoms with E-state index in [1.807, 2.05) is 12.1 Å². The van der Waals surface area contributed by atoms with Gasteiger partial charge in [0.25, 0.3) is 0 Å². The molecule has 1 aromatic rings. The molecule has 1 aromatic carbocycles. The third kappa shape index (κ3) is 7.45. The van der Waals surface area contributed by atoms with E-state index in [9.17, 15) is 0 Å². The quantitative estimate of drug-likeness (QED) is 0.489. The topological polar surface area (TPSA) is 46.2 Å². The number of nitrogens with zero attached hydrogens (tertiary/aromatic N) is 2. The van der Waals surface area contributed by atoms with Gasteiger partial charge in [0.15, 0.2) is 5.11 Å². The van der Waals surface area contributed by atoms with Crippen molar-refractivity contribution < 1.29 is 14.2 Å². The highest BCUT2D eigenvalue weighted by atomic mass is 32.1. The van der Waals surface area contributed by atoms with Crippen molar-refractivity contribution in [2.75, 3.05) is 66.8 Å². The molecular weight excluding hydrogens is 350 g/mol. The minimum atomic E-state index is 0.643. The molecule has 0 spiro atoms. The second-order valence-corrected chi connectivity index (χ2v) is 6.69. The molecule has 0 bridgehead atoms. The lowest BCUT2D eigenvalue weighted by atomic mass is 10.2. The summed E-state index contributed by atoms with van der Waals surface area (Å²) < 4.78 is 15.8. The zero-order chi connectivity index (χ0) is 18.6. The van der Waals surface area contributed by atoms with Crippen molar-refractivity contribution in [1.82, 2.24) is 15.1 Å². The number of rotatable bonds is 10. The largest absolute Gasteiger partial charge is 0.497 e. The normalized spacial score (nSPS) is 14.8. The lowest BCUT2D eigenvalue weighted by Crippen LogP contribution is -2.42. The number of hydrogen-bond acceptors (Lipinski definition) is 5. The Labute approximate surface area is 162 Å². The van der Waals surface area contributed by atoms with Crippen LogP contribution in [-0.2, 0) is 16.0 Å². The Morgan fingerprint density at radius 1 is 1.23 bits per heavy atom. The maximum atomic E-state index is 5.61. The fraction of sp³-hybridized carbons (Fsp3) is 0.632. The standard InChI is InChI=1S/C19H31N3O3S/c1-23-13-8-20-19(26)22(10-3-9-21-11-14-25-15-12-21)16-17-4-6-18(24-2)7-5-17/h4-7H,3,8-16H2,1-2H3,(H,20,26). The van der Waals surface area contributed by atoms with E-state index in [0.29, 0.717) is 6.61 Å². The Morgan fingerprint density at radius 3 is 2.62 bits per heavy atom. The third-order valence-corrected chi connectivity index (χ3v) is 4.81. The minimum Gasteiger partial charge on any atom is -0.497 e. The SMILES string of the molecule is COCCNC(=S)N(CCCN1CCOCC1)Cc1ccc(OC)cc1. The highest BCUT2D eigenvalue weighted by Gasteiger charge is 2.13. The first-order valence-corrected chi connectivity index (χ1v) is 9.58. The smallest absolute Gasteiger partial charge is 0.169 e. The maximum absolute atomic E-state index is 5.61. The van der Waals surface area contributed by atoms with E-state index in [-0.39, 0.29) is 0 Å². The van der Waals surface area contributed by atoms with Crippen LogP contribution in [-0.4, -0.2) is 81.7 Å². The summed E-state index contributed by atoms with van der Waals surface area (Å²) in [6.45, 7) is 7.86. The molecule has 0 unspecified atom stereocenters. The zero-order valence-electron chi connectivity index (χ0n) is 15.9. The van der Waals surface area contributed by atoms with Gasteiger partial charge < -0.3 is 24.4 Å². The molecule has 1 aliphatic heterocycles. The van der Waals surface area contributed by atoms with Crippen LogP contribution in [0.5, 0.6) is 5.75 Å². The molecule has 1 fully saturated rings. The molecule has 26 heavy (non-hydrogen) atoms. The number of morpholine rings is 1. The van der Waals surface area contributed by atoms with Gasteiger partial charge in [0, 0.05) is 46.4 Å². The molecule has 7 heteroatoms. The number of ether oxygens (including phenoxy) is 3. The molecule has 0 amide bonds. The second-order valence-electron chi connectivity index (χ2n) is 6.30. The molecule has 1 N–H and O–H groups in total. The molecule has 146 valence electrons. The summed E-state index contributed by atoms with van der Waals surface area (Å²) in [6.07, 6.45) is 1.07. The zero-order valence-corrected chi connectivity index (χ0v) is 16.7. The van der Waals surface area contributed by atoms with Crippen molar-refractivity contribution in [1.29, 1.82) is 0 Å². The van der Waals surface area contributed by atoms with Crippen LogP contribution in [0.25, 0.3) is 0 Å². The highest BCUT2D eigenvalue weighted by Crippen LogP contribution is 2.13. The van der Waals surface area contributed by atoms with Crippen LogP contribution in [0.15, 0.2) is 24.3 Å². The fourth-order valence-corrected chi connectivity index (χ4v) is 3.14. The summed E-state index contributed by atoms with van der Waals surface area (Å²) in [7, 11) is 3.38. The van der Waals surface area contributed by atoms with Crippen LogP contribution < -0.4 is 10.1 Å². The summed E-state index contributed by atoms with van der Waals surface area (Å²) in [5.74, 6) is 0.869. The first kappa shape index (κ1) is 20.9. The number of nitrogens with one attached hydrogen (secondary N) is 1. The van der Waals surface area contributed by atoms with Gasteiger partial charge in [-0.1, -0.05) is 12.1 Å². The van der Waals surface area contributed by atoms with Gasteiger partial charge in [-0.15, -0.1) is 0 Å². The molecule has 0 radical (unpaired) electrons. The Hall–Kier alpha value is -1.41. The van der Waals surface area contributed by atoms with Crippen LogP contribution in [0, 0.1) is 0 Å². The van der Waals surface area contributed by atoms with Gasteiger partial charge in [-0.05, 0) is 36.3 Å². The molecular formula is C19H31N3O3S. The summed E-state index contributed by atoms with van der Waals surface area (Å²) in [6, 6.07) is 8.16. The molecule has 1 saturated heterocycles. The van der Waals surface area contributed by atoms with Crippen LogP contribution in [0.4, 0.5) is 0 Å². The first-order valence-electron chi connectivity index (χ1n) is 9.17. The molecule has 6 nitrogen and oxygen atoms in total. The van der Waals surface area contributed by atoms with E-state index in [4.69, 9.17) is 26.4 Å². The number of methoxy groups -OCH3 is 2. The monoisotopic (exact) mass is 381 g/mol. The molecule has 2 rings (SSSR count). The summed E-state index contributed by atoms with van der Waals surface area (Å²) in [5, 5.41) is 4.07. The van der Waals surface area contributed by atoms with Crippen molar-refractivity contribution in [3.05, 3.63) is 29.8 Å². The maximum Gasteiger partial charge on any atom is 0.169 e. The Kier molecular flexibility index (Phi) is 9.70. The summed E-state index contributed by atoms with van der Waals surface area (Å²) in [4.78, 5) is 4.68. The van der Waals surface area contributed by atoms with Gasteiger partial charge in [-0.3, -0.25) is 4.90 Å². The molecule has 1 heterocycles. The lowest BCUT2D eigenvalue weighted by Gasteiger charge is -2.29. The van der Waals surface area contributed by atoms with Crippen molar-refractivity contribution in [3.63, 3.8) is 0 Å². The average molecular weight is 382 g/mol. The molecule has 1 aliphatic rings. The molecule has 0 atom stereocenters.